The minimum absolute atomic E-state index is 0.110. The zero-order chi connectivity index (χ0) is 18.4. The molecule has 0 saturated carbocycles. The Morgan fingerprint density at radius 1 is 1.08 bits per heavy atom. The maximum atomic E-state index is 12.3. The van der Waals surface area contributed by atoms with Crippen LogP contribution in [-0.2, 0) is 16.0 Å². The van der Waals surface area contributed by atoms with Gasteiger partial charge in [0.2, 0.25) is 5.91 Å². The van der Waals surface area contributed by atoms with Crippen molar-refractivity contribution in [3.63, 3.8) is 0 Å². The van der Waals surface area contributed by atoms with Crippen LogP contribution >= 0.6 is 0 Å². The second-order valence-corrected chi connectivity index (χ2v) is 6.03. The number of benzene rings is 2. The zero-order valence-electron chi connectivity index (χ0n) is 14.7. The Labute approximate surface area is 152 Å². The number of carbonyl (C=O) groups is 2. The van der Waals surface area contributed by atoms with Gasteiger partial charge >= 0.3 is 5.97 Å². The summed E-state index contributed by atoms with van der Waals surface area (Å²) >= 11 is 0. The fourth-order valence-corrected chi connectivity index (χ4v) is 2.97. The molecule has 0 aliphatic rings. The first kappa shape index (κ1) is 17.7. The summed E-state index contributed by atoms with van der Waals surface area (Å²) in [6, 6.07) is 15.0. The van der Waals surface area contributed by atoms with Crippen LogP contribution in [-0.4, -0.2) is 23.5 Å². The molecule has 1 aromatic heterocycles. The van der Waals surface area contributed by atoms with Crippen molar-refractivity contribution in [1.82, 2.24) is 4.98 Å². The Kier molecular flexibility index (Phi) is 5.69. The van der Waals surface area contributed by atoms with Crippen LogP contribution < -0.4 is 5.32 Å². The molecule has 3 rings (SSSR count). The monoisotopic (exact) mass is 350 g/mol. The van der Waals surface area contributed by atoms with Crippen molar-refractivity contribution in [2.45, 2.75) is 26.2 Å². The van der Waals surface area contributed by atoms with Gasteiger partial charge in [0.1, 0.15) is 0 Å². The van der Waals surface area contributed by atoms with Gasteiger partial charge in [-0.2, -0.15) is 0 Å². The number of anilines is 1. The van der Waals surface area contributed by atoms with Crippen LogP contribution in [0.2, 0.25) is 0 Å². The molecule has 2 N–H and O–H groups in total. The molecule has 0 saturated heterocycles. The predicted molar refractivity (Wildman–Crippen MR) is 102 cm³/mol. The minimum Gasteiger partial charge on any atom is -0.462 e. The summed E-state index contributed by atoms with van der Waals surface area (Å²) in [6.45, 7) is 2.05. The van der Waals surface area contributed by atoms with E-state index in [-0.39, 0.29) is 5.91 Å². The number of nitrogens with one attached hydrogen (secondary N) is 2. The number of esters is 1. The van der Waals surface area contributed by atoms with Crippen LogP contribution in [0.25, 0.3) is 10.9 Å². The van der Waals surface area contributed by atoms with Crippen LogP contribution in [0.15, 0.2) is 54.7 Å². The lowest BCUT2D eigenvalue weighted by atomic mass is 10.1. The van der Waals surface area contributed by atoms with E-state index in [0.717, 1.165) is 18.4 Å². The van der Waals surface area contributed by atoms with E-state index in [1.807, 2.05) is 24.4 Å². The number of carbonyl (C=O) groups excluding carboxylic acids is 2. The summed E-state index contributed by atoms with van der Waals surface area (Å²) in [7, 11) is 0. The summed E-state index contributed by atoms with van der Waals surface area (Å²) in [4.78, 5) is 27.5. The third-order valence-electron chi connectivity index (χ3n) is 4.22. The van der Waals surface area contributed by atoms with Gasteiger partial charge in [-0.25, -0.2) is 4.79 Å². The van der Waals surface area contributed by atoms with Gasteiger partial charge < -0.3 is 15.0 Å². The first-order valence-corrected chi connectivity index (χ1v) is 8.80. The molecule has 5 nitrogen and oxygen atoms in total. The third kappa shape index (κ3) is 4.11. The number of amides is 1. The number of hydrogen-bond acceptors (Lipinski definition) is 3. The Morgan fingerprint density at radius 2 is 1.85 bits per heavy atom. The van der Waals surface area contributed by atoms with Crippen molar-refractivity contribution >= 4 is 28.5 Å². The van der Waals surface area contributed by atoms with E-state index in [2.05, 4.69) is 16.4 Å². The van der Waals surface area contributed by atoms with E-state index in [4.69, 9.17) is 4.74 Å². The lowest BCUT2D eigenvalue weighted by Gasteiger charge is -2.10. The number of fused-ring (bicyclic) bond motifs is 1. The normalized spacial score (nSPS) is 10.7. The van der Waals surface area contributed by atoms with E-state index >= 15 is 0 Å². The van der Waals surface area contributed by atoms with Crippen molar-refractivity contribution in [2.24, 2.45) is 0 Å². The van der Waals surface area contributed by atoms with E-state index in [1.165, 1.54) is 10.9 Å². The third-order valence-corrected chi connectivity index (χ3v) is 4.22. The van der Waals surface area contributed by atoms with Crippen LogP contribution in [0.4, 0.5) is 5.69 Å². The van der Waals surface area contributed by atoms with Crippen molar-refractivity contribution in [2.75, 3.05) is 11.9 Å². The smallest absolute Gasteiger partial charge is 0.340 e. The molecule has 2 aromatic carbocycles. The Balaban J connectivity index is 1.57. The Hall–Kier alpha value is -3.08. The van der Waals surface area contributed by atoms with Gasteiger partial charge in [-0.15, -0.1) is 0 Å². The number of H-pyrrole nitrogens is 1. The highest BCUT2D eigenvalue weighted by Crippen LogP contribution is 2.20. The average Bonchev–Trinajstić information content (AvgIpc) is 3.06. The fraction of sp³-hybridized carbons (Fsp3) is 0.238. The number of ether oxygens (including phenoxy) is 1. The second kappa shape index (κ2) is 8.34. The summed E-state index contributed by atoms with van der Waals surface area (Å²) in [6.07, 6.45) is 3.93. The molecule has 3 aromatic rings. The van der Waals surface area contributed by atoms with Crippen LogP contribution in [0.5, 0.6) is 0 Å². The highest BCUT2D eigenvalue weighted by molar-refractivity contribution is 6.01. The first-order valence-electron chi connectivity index (χ1n) is 8.80. The maximum Gasteiger partial charge on any atom is 0.340 e. The first-order chi connectivity index (χ1) is 12.7. The van der Waals surface area contributed by atoms with Crippen molar-refractivity contribution in [1.29, 1.82) is 0 Å². The van der Waals surface area contributed by atoms with Crippen LogP contribution in [0.1, 0.15) is 35.7 Å². The lowest BCUT2D eigenvalue weighted by Crippen LogP contribution is -2.15. The van der Waals surface area contributed by atoms with E-state index in [1.54, 1.807) is 31.2 Å². The molecule has 0 atom stereocenters. The summed E-state index contributed by atoms with van der Waals surface area (Å²) in [5, 5.41) is 4.01. The van der Waals surface area contributed by atoms with Crippen molar-refractivity contribution < 1.29 is 14.3 Å². The maximum absolute atomic E-state index is 12.3. The van der Waals surface area contributed by atoms with Crippen molar-refractivity contribution in [3.05, 3.63) is 65.9 Å². The molecule has 0 radical (unpaired) electrons. The van der Waals surface area contributed by atoms with Gasteiger partial charge in [0, 0.05) is 23.5 Å². The second-order valence-electron chi connectivity index (χ2n) is 6.03. The summed E-state index contributed by atoms with van der Waals surface area (Å²) in [5.74, 6) is -0.538. The molecule has 0 fully saturated rings. The van der Waals surface area contributed by atoms with Crippen molar-refractivity contribution in [3.8, 4) is 0 Å². The molecule has 0 bridgehead atoms. The molecule has 5 heteroatoms. The Bertz CT molecular complexity index is 914. The van der Waals surface area contributed by atoms with E-state index in [0.29, 0.717) is 24.3 Å². The fourth-order valence-electron chi connectivity index (χ4n) is 2.97. The zero-order valence-corrected chi connectivity index (χ0v) is 14.7. The number of aryl methyl sites for hydroxylation is 1. The molecular formula is C21H22N2O3. The van der Waals surface area contributed by atoms with Gasteiger partial charge in [-0.1, -0.05) is 30.3 Å². The van der Waals surface area contributed by atoms with E-state index in [9.17, 15) is 9.59 Å². The topological polar surface area (TPSA) is 71.2 Å². The standard InChI is InChI=1S/C21H22N2O3/c1-2-26-21(25)17-10-4-6-12-19(17)23-20(24)13-7-8-15-14-22-18-11-5-3-9-16(15)18/h3-6,9-12,14,22H,2,7-8,13H2,1H3,(H,23,24). The van der Waals surface area contributed by atoms with Gasteiger partial charge in [0.15, 0.2) is 0 Å². The number of hydrogen-bond donors (Lipinski definition) is 2. The van der Waals surface area contributed by atoms with Gasteiger partial charge in [-0.05, 0) is 43.5 Å². The predicted octanol–water partition coefficient (Wildman–Crippen LogP) is 4.31. The number of aromatic amines is 1. The molecule has 26 heavy (non-hydrogen) atoms. The molecule has 0 spiro atoms. The lowest BCUT2D eigenvalue weighted by molar-refractivity contribution is -0.116. The van der Waals surface area contributed by atoms with Gasteiger partial charge in [0.05, 0.1) is 17.9 Å². The highest BCUT2D eigenvalue weighted by atomic mass is 16.5. The van der Waals surface area contributed by atoms with Crippen LogP contribution in [0, 0.1) is 0 Å². The van der Waals surface area contributed by atoms with E-state index < -0.39 is 5.97 Å². The minimum atomic E-state index is -0.429. The molecule has 0 aliphatic carbocycles. The average molecular weight is 350 g/mol. The molecule has 1 heterocycles. The number of rotatable bonds is 7. The van der Waals surface area contributed by atoms with Gasteiger partial charge in [0.25, 0.3) is 0 Å². The summed E-state index contributed by atoms with van der Waals surface area (Å²) < 4.78 is 5.03. The Morgan fingerprint density at radius 3 is 2.69 bits per heavy atom. The molecular weight excluding hydrogens is 328 g/mol. The molecule has 0 aliphatic heterocycles. The molecule has 0 unspecified atom stereocenters. The SMILES string of the molecule is CCOC(=O)c1ccccc1NC(=O)CCCc1c[nH]c2ccccc12. The largest absolute Gasteiger partial charge is 0.462 e. The summed E-state index contributed by atoms with van der Waals surface area (Å²) in [5.41, 5.74) is 3.18. The van der Waals surface area contributed by atoms with Crippen LogP contribution in [0.3, 0.4) is 0 Å². The number of aromatic nitrogens is 1. The van der Waals surface area contributed by atoms with Gasteiger partial charge in [-0.3, -0.25) is 4.79 Å². The number of para-hydroxylation sites is 2. The quantitative estimate of drug-likeness (QED) is 0.624. The molecule has 1 amide bonds. The highest BCUT2D eigenvalue weighted by Gasteiger charge is 2.14. The molecule has 134 valence electrons.